The normalized spacial score (nSPS) is 12.8. The summed E-state index contributed by atoms with van der Waals surface area (Å²) in [5, 5.41) is 22.7. The molecular formula is C28H34N6O5S. The number of amidine groups is 1. The topological polar surface area (TPSA) is 200 Å². The molecule has 11 nitrogen and oxygen atoms in total. The molecule has 0 aliphatic carbocycles. The van der Waals surface area contributed by atoms with E-state index in [-0.39, 0.29) is 24.6 Å². The Morgan fingerprint density at radius 1 is 0.850 bits per heavy atom. The second-order valence-electron chi connectivity index (χ2n) is 9.22. The van der Waals surface area contributed by atoms with Crippen molar-refractivity contribution in [3.63, 3.8) is 0 Å². The highest BCUT2D eigenvalue weighted by atomic mass is 32.2. The van der Waals surface area contributed by atoms with Crippen LogP contribution in [0.4, 0.5) is 0 Å². The number of nitrogen functional groups attached to an aromatic ring is 1. The molecule has 0 spiro atoms. The van der Waals surface area contributed by atoms with E-state index in [2.05, 4.69) is 15.4 Å². The van der Waals surface area contributed by atoms with E-state index in [4.69, 9.17) is 16.9 Å². The number of rotatable bonds is 14. The maximum absolute atomic E-state index is 13.2. The molecule has 0 aromatic heterocycles. The number of benzene rings is 3. The average Bonchev–Trinajstić information content (AvgIpc) is 2.94. The number of sulfonamides is 1. The lowest BCUT2D eigenvalue weighted by molar-refractivity contribution is -0.130. The van der Waals surface area contributed by atoms with E-state index in [1.807, 2.05) is 12.1 Å². The van der Waals surface area contributed by atoms with Crippen LogP contribution in [0.2, 0.25) is 0 Å². The lowest BCUT2D eigenvalue weighted by atomic mass is 10.0. The Labute approximate surface area is 233 Å². The maximum Gasteiger partial charge on any atom is 0.243 e. The van der Waals surface area contributed by atoms with Crippen LogP contribution >= 0.6 is 0 Å². The summed E-state index contributed by atoms with van der Waals surface area (Å²) in [7, 11) is -3.98. The molecule has 3 rings (SSSR count). The van der Waals surface area contributed by atoms with Crippen molar-refractivity contribution in [2.75, 3.05) is 6.61 Å². The maximum atomic E-state index is 13.2. The van der Waals surface area contributed by atoms with Crippen LogP contribution in [0.1, 0.15) is 27.8 Å². The van der Waals surface area contributed by atoms with E-state index in [1.165, 1.54) is 0 Å². The molecule has 0 radical (unpaired) electrons. The highest BCUT2D eigenvalue weighted by Crippen LogP contribution is 2.10. The summed E-state index contributed by atoms with van der Waals surface area (Å²) in [6.45, 7) is -0.373. The van der Waals surface area contributed by atoms with Gasteiger partial charge in [-0.3, -0.25) is 15.0 Å². The number of amides is 2. The Bertz CT molecular complexity index is 1410. The van der Waals surface area contributed by atoms with Crippen LogP contribution < -0.4 is 26.8 Å². The Balaban J connectivity index is 1.73. The highest BCUT2D eigenvalue weighted by molar-refractivity contribution is 7.88. The third-order valence-electron chi connectivity index (χ3n) is 6.05. The molecule has 3 aromatic rings. The quantitative estimate of drug-likeness (QED) is 0.107. The largest absolute Gasteiger partial charge is 0.394 e. The number of hydrogen-bond donors (Lipinski definition) is 7. The summed E-state index contributed by atoms with van der Waals surface area (Å²) < 4.78 is 27.6. The molecule has 0 saturated carbocycles. The first-order chi connectivity index (χ1) is 19.1. The molecule has 40 heavy (non-hydrogen) atoms. The Morgan fingerprint density at radius 3 is 2.12 bits per heavy atom. The molecule has 0 heterocycles. The second-order valence-corrected chi connectivity index (χ2v) is 11.0. The summed E-state index contributed by atoms with van der Waals surface area (Å²) in [4.78, 5) is 26.3. The molecule has 212 valence electrons. The van der Waals surface area contributed by atoms with Crippen LogP contribution in [-0.2, 0) is 44.9 Å². The van der Waals surface area contributed by atoms with E-state index in [0.717, 1.165) is 16.7 Å². The second kappa shape index (κ2) is 14.3. The van der Waals surface area contributed by atoms with Crippen molar-refractivity contribution in [1.82, 2.24) is 15.4 Å². The first-order valence-electron chi connectivity index (χ1n) is 12.5. The van der Waals surface area contributed by atoms with E-state index >= 15 is 0 Å². The molecule has 0 aliphatic rings. The third-order valence-corrected chi connectivity index (χ3v) is 7.41. The van der Waals surface area contributed by atoms with E-state index < -0.39 is 40.5 Å². The zero-order valence-electron chi connectivity index (χ0n) is 21.8. The number of hydrogen-bond acceptors (Lipinski definition) is 7. The van der Waals surface area contributed by atoms with Gasteiger partial charge in [0.25, 0.3) is 0 Å². The van der Waals surface area contributed by atoms with E-state index in [0.29, 0.717) is 17.7 Å². The number of carbonyl (C=O) groups excluding carboxylic acids is 2. The molecule has 0 aliphatic heterocycles. The van der Waals surface area contributed by atoms with Crippen molar-refractivity contribution in [3.05, 3.63) is 107 Å². The molecule has 12 heteroatoms. The summed E-state index contributed by atoms with van der Waals surface area (Å²) in [5.74, 6) is -1.81. The lowest BCUT2D eigenvalue weighted by Gasteiger charge is -2.22. The van der Waals surface area contributed by atoms with Crippen LogP contribution in [0.25, 0.3) is 0 Å². The van der Waals surface area contributed by atoms with E-state index in [9.17, 15) is 23.1 Å². The standard InChI is InChI=1S/C28H34N6O5S/c29-15-22-8-4-7-21(13-22)14-24(27(36)32-16-19-9-11-23(12-10-19)26(30)31)33-28(37)25(17-35)34-40(38,39)18-20-5-2-1-3-6-20/h1-13,24-25,34-35H,14-18,29H2,(H3,30,31)(H,32,36)(H,33,37). The summed E-state index contributed by atoms with van der Waals surface area (Å²) in [6, 6.07) is 19.8. The van der Waals surface area contributed by atoms with Gasteiger partial charge in [-0.2, -0.15) is 0 Å². The van der Waals surface area contributed by atoms with Crippen LogP contribution in [0.15, 0.2) is 78.9 Å². The van der Waals surface area contributed by atoms with Gasteiger partial charge in [-0.25, -0.2) is 13.1 Å². The summed E-state index contributed by atoms with van der Waals surface area (Å²) >= 11 is 0. The van der Waals surface area contributed by atoms with Gasteiger partial charge in [-0.05, 0) is 22.3 Å². The van der Waals surface area contributed by atoms with Gasteiger partial charge in [0, 0.05) is 25.1 Å². The van der Waals surface area contributed by atoms with Crippen molar-refractivity contribution < 1.29 is 23.1 Å². The summed E-state index contributed by atoms with van der Waals surface area (Å²) in [6.07, 6.45) is 0.101. The van der Waals surface area contributed by atoms with Crippen molar-refractivity contribution in [3.8, 4) is 0 Å². The fourth-order valence-corrected chi connectivity index (χ4v) is 5.27. The van der Waals surface area contributed by atoms with Crippen molar-refractivity contribution in [2.45, 2.75) is 37.3 Å². The number of carbonyl (C=O) groups is 2. The molecule has 2 amide bonds. The van der Waals surface area contributed by atoms with Gasteiger partial charge in [0.2, 0.25) is 21.8 Å². The SMILES string of the molecule is N=C(N)c1ccc(CNC(=O)C(Cc2cccc(CN)c2)NC(=O)C(CO)NS(=O)(=O)Cc2ccccc2)cc1. The fraction of sp³-hybridized carbons (Fsp3) is 0.250. The zero-order valence-corrected chi connectivity index (χ0v) is 22.7. The number of aliphatic hydroxyl groups is 1. The molecule has 3 aromatic carbocycles. The van der Waals surface area contributed by atoms with Gasteiger partial charge in [0.1, 0.15) is 17.9 Å². The lowest BCUT2D eigenvalue weighted by Crippen LogP contribution is -2.55. The third kappa shape index (κ3) is 9.27. The first-order valence-corrected chi connectivity index (χ1v) is 14.2. The smallest absolute Gasteiger partial charge is 0.243 e. The van der Waals surface area contributed by atoms with Crippen LogP contribution in [-0.4, -0.2) is 49.9 Å². The highest BCUT2D eigenvalue weighted by Gasteiger charge is 2.28. The average molecular weight is 567 g/mol. The minimum Gasteiger partial charge on any atom is -0.394 e. The van der Waals surface area contributed by atoms with Gasteiger partial charge in [0.05, 0.1) is 12.4 Å². The molecular weight excluding hydrogens is 532 g/mol. The Morgan fingerprint density at radius 2 is 1.50 bits per heavy atom. The van der Waals surface area contributed by atoms with Gasteiger partial charge >= 0.3 is 0 Å². The van der Waals surface area contributed by atoms with Crippen LogP contribution in [0, 0.1) is 5.41 Å². The van der Waals surface area contributed by atoms with Crippen LogP contribution in [0.3, 0.4) is 0 Å². The van der Waals surface area contributed by atoms with Gasteiger partial charge < -0.3 is 27.2 Å². The molecule has 9 N–H and O–H groups in total. The van der Waals surface area contributed by atoms with Crippen molar-refractivity contribution in [1.29, 1.82) is 5.41 Å². The molecule has 0 saturated heterocycles. The molecule has 0 fully saturated rings. The zero-order chi connectivity index (χ0) is 29.1. The minimum absolute atomic E-state index is 0.0732. The van der Waals surface area contributed by atoms with Gasteiger partial charge in [-0.1, -0.05) is 78.9 Å². The van der Waals surface area contributed by atoms with Crippen LogP contribution in [0.5, 0.6) is 0 Å². The summed E-state index contributed by atoms with van der Waals surface area (Å²) in [5.41, 5.74) is 14.6. The Hall–Kier alpha value is -4.10. The predicted octanol–water partition coefficient (Wildman–Crippen LogP) is 0.254. The number of aliphatic hydroxyl groups excluding tert-OH is 1. The molecule has 0 bridgehead atoms. The number of nitrogens with one attached hydrogen (secondary N) is 4. The predicted molar refractivity (Wildman–Crippen MR) is 152 cm³/mol. The van der Waals surface area contributed by atoms with E-state index in [1.54, 1.807) is 66.7 Å². The minimum atomic E-state index is -3.98. The van der Waals surface area contributed by atoms with Gasteiger partial charge in [0.15, 0.2) is 0 Å². The van der Waals surface area contributed by atoms with Crippen molar-refractivity contribution >= 4 is 27.7 Å². The molecule has 2 unspecified atom stereocenters. The Kier molecular flexibility index (Phi) is 10.9. The van der Waals surface area contributed by atoms with Gasteiger partial charge in [-0.15, -0.1) is 0 Å². The monoisotopic (exact) mass is 566 g/mol. The van der Waals surface area contributed by atoms with Crippen molar-refractivity contribution in [2.24, 2.45) is 11.5 Å². The first kappa shape index (κ1) is 30.4. The fourth-order valence-electron chi connectivity index (χ4n) is 3.94. The molecule has 2 atom stereocenters. The number of nitrogens with two attached hydrogens (primary N) is 2.